The molecule has 0 aliphatic rings. The summed E-state index contributed by atoms with van der Waals surface area (Å²) in [5.74, 6) is 0.582. The second-order valence-electron chi connectivity index (χ2n) is 3.27. The van der Waals surface area contributed by atoms with Gasteiger partial charge in [0.2, 0.25) is 0 Å². The summed E-state index contributed by atoms with van der Waals surface area (Å²) in [5, 5.41) is 0. The van der Waals surface area contributed by atoms with Crippen LogP contribution in [-0.4, -0.2) is 9.55 Å². The maximum atomic E-state index is 5.52. The van der Waals surface area contributed by atoms with Crippen molar-refractivity contribution in [3.05, 3.63) is 48.4 Å². The van der Waals surface area contributed by atoms with Gasteiger partial charge in [-0.15, -0.1) is 0 Å². The number of aryl methyl sites for hydroxylation is 2. The summed E-state index contributed by atoms with van der Waals surface area (Å²) in [4.78, 5) is 3.97. The summed E-state index contributed by atoms with van der Waals surface area (Å²) in [5.41, 5.74) is 6.85. The minimum absolute atomic E-state index is 0.582. The first-order valence-electron chi connectivity index (χ1n) is 4.66. The van der Waals surface area contributed by atoms with Crippen molar-refractivity contribution in [1.29, 1.82) is 0 Å². The van der Waals surface area contributed by atoms with Crippen LogP contribution in [0.4, 0.5) is 5.82 Å². The van der Waals surface area contributed by atoms with Crippen molar-refractivity contribution in [2.24, 2.45) is 0 Å². The highest BCUT2D eigenvalue weighted by Gasteiger charge is 1.95. The molecule has 1 aromatic heterocycles. The Kier molecular flexibility index (Phi) is 2.49. The number of rotatable bonds is 3. The number of imidazole rings is 1. The van der Waals surface area contributed by atoms with E-state index in [-0.39, 0.29) is 0 Å². The average Bonchev–Trinajstić information content (AvgIpc) is 2.63. The molecule has 3 heteroatoms. The Bertz CT molecular complexity index is 392. The molecule has 0 saturated heterocycles. The molecule has 0 bridgehead atoms. The van der Waals surface area contributed by atoms with E-state index in [0.29, 0.717) is 5.82 Å². The fourth-order valence-electron chi connectivity index (χ4n) is 1.40. The van der Waals surface area contributed by atoms with Crippen LogP contribution in [0, 0.1) is 0 Å². The molecule has 0 radical (unpaired) electrons. The number of hydrogen-bond acceptors (Lipinski definition) is 2. The molecule has 3 nitrogen and oxygen atoms in total. The lowest BCUT2D eigenvalue weighted by atomic mass is 10.1. The molecule has 14 heavy (non-hydrogen) atoms. The van der Waals surface area contributed by atoms with E-state index < -0.39 is 0 Å². The first kappa shape index (κ1) is 8.81. The van der Waals surface area contributed by atoms with Crippen LogP contribution in [0.15, 0.2) is 42.9 Å². The monoisotopic (exact) mass is 187 g/mol. The van der Waals surface area contributed by atoms with Crippen LogP contribution >= 0.6 is 0 Å². The van der Waals surface area contributed by atoms with Gasteiger partial charge in [0.25, 0.3) is 0 Å². The summed E-state index contributed by atoms with van der Waals surface area (Å²) in [6.45, 7) is 0.925. The van der Waals surface area contributed by atoms with Gasteiger partial charge in [-0.25, -0.2) is 4.98 Å². The second kappa shape index (κ2) is 3.96. The second-order valence-corrected chi connectivity index (χ2v) is 3.27. The third-order valence-corrected chi connectivity index (χ3v) is 2.15. The zero-order valence-electron chi connectivity index (χ0n) is 7.93. The van der Waals surface area contributed by atoms with Crippen LogP contribution in [-0.2, 0) is 13.0 Å². The van der Waals surface area contributed by atoms with Crippen LogP contribution in [0.2, 0.25) is 0 Å². The van der Waals surface area contributed by atoms with E-state index in [1.165, 1.54) is 5.56 Å². The van der Waals surface area contributed by atoms with Crippen molar-refractivity contribution in [2.75, 3.05) is 5.73 Å². The summed E-state index contributed by atoms with van der Waals surface area (Å²) in [6, 6.07) is 10.4. The molecule has 0 amide bonds. The normalized spacial score (nSPS) is 10.3. The van der Waals surface area contributed by atoms with E-state index in [4.69, 9.17) is 5.73 Å². The van der Waals surface area contributed by atoms with Gasteiger partial charge in [-0.3, -0.25) is 0 Å². The van der Waals surface area contributed by atoms with Gasteiger partial charge < -0.3 is 10.3 Å². The molecule has 72 valence electrons. The molecular weight excluding hydrogens is 174 g/mol. The van der Waals surface area contributed by atoms with Gasteiger partial charge in [0.1, 0.15) is 5.82 Å². The molecule has 0 unspecified atom stereocenters. The molecule has 1 aromatic carbocycles. The quantitative estimate of drug-likeness (QED) is 0.795. The number of benzene rings is 1. The van der Waals surface area contributed by atoms with E-state index in [2.05, 4.69) is 29.2 Å². The number of aromatic nitrogens is 2. The summed E-state index contributed by atoms with van der Waals surface area (Å²) >= 11 is 0. The van der Waals surface area contributed by atoms with Crippen molar-refractivity contribution in [2.45, 2.75) is 13.0 Å². The van der Waals surface area contributed by atoms with Gasteiger partial charge >= 0.3 is 0 Å². The fourth-order valence-corrected chi connectivity index (χ4v) is 1.40. The van der Waals surface area contributed by atoms with Crippen molar-refractivity contribution in [3.8, 4) is 0 Å². The van der Waals surface area contributed by atoms with Gasteiger partial charge in [-0.2, -0.15) is 0 Å². The van der Waals surface area contributed by atoms with E-state index in [1.54, 1.807) is 6.33 Å². The SMILES string of the molecule is Nc1cn(CCc2ccccc2)cn1. The highest BCUT2D eigenvalue weighted by Crippen LogP contribution is 2.03. The average molecular weight is 187 g/mol. The number of anilines is 1. The first-order valence-corrected chi connectivity index (χ1v) is 4.66. The zero-order valence-corrected chi connectivity index (χ0v) is 7.93. The van der Waals surface area contributed by atoms with Crippen molar-refractivity contribution >= 4 is 5.82 Å². The topological polar surface area (TPSA) is 43.8 Å². The summed E-state index contributed by atoms with van der Waals surface area (Å²) < 4.78 is 2.00. The van der Waals surface area contributed by atoms with Crippen LogP contribution in [0.25, 0.3) is 0 Å². The lowest BCUT2D eigenvalue weighted by Gasteiger charge is -2.01. The van der Waals surface area contributed by atoms with Crippen LogP contribution in [0.1, 0.15) is 5.56 Å². The van der Waals surface area contributed by atoms with E-state index in [1.807, 2.05) is 16.8 Å². The number of nitrogens with two attached hydrogens (primary N) is 1. The largest absolute Gasteiger partial charge is 0.382 e. The Balaban J connectivity index is 1.95. The van der Waals surface area contributed by atoms with Gasteiger partial charge in [0.05, 0.1) is 6.33 Å². The van der Waals surface area contributed by atoms with Crippen LogP contribution < -0.4 is 5.73 Å². The third kappa shape index (κ3) is 2.13. The predicted octanol–water partition coefficient (Wildman–Crippen LogP) is 1.71. The Morgan fingerprint density at radius 2 is 2.00 bits per heavy atom. The molecule has 0 fully saturated rings. The lowest BCUT2D eigenvalue weighted by Crippen LogP contribution is -1.98. The first-order chi connectivity index (χ1) is 6.84. The fraction of sp³-hybridized carbons (Fsp3) is 0.182. The Morgan fingerprint density at radius 3 is 2.64 bits per heavy atom. The molecular formula is C11H13N3. The van der Waals surface area contributed by atoms with Gasteiger partial charge in [0, 0.05) is 12.7 Å². The van der Waals surface area contributed by atoms with Crippen molar-refractivity contribution < 1.29 is 0 Å². The maximum Gasteiger partial charge on any atom is 0.141 e. The molecule has 0 aliphatic heterocycles. The molecule has 0 saturated carbocycles. The number of hydrogen-bond donors (Lipinski definition) is 1. The van der Waals surface area contributed by atoms with Crippen LogP contribution in [0.5, 0.6) is 0 Å². The number of nitrogen functional groups attached to an aromatic ring is 1. The van der Waals surface area contributed by atoms with E-state index in [9.17, 15) is 0 Å². The third-order valence-electron chi connectivity index (χ3n) is 2.15. The molecule has 2 aromatic rings. The minimum Gasteiger partial charge on any atom is -0.382 e. The maximum absolute atomic E-state index is 5.52. The molecule has 2 rings (SSSR count). The molecule has 0 aliphatic carbocycles. The van der Waals surface area contributed by atoms with Crippen molar-refractivity contribution in [1.82, 2.24) is 9.55 Å². The van der Waals surface area contributed by atoms with Crippen molar-refractivity contribution in [3.63, 3.8) is 0 Å². The smallest absolute Gasteiger partial charge is 0.141 e. The molecule has 1 heterocycles. The summed E-state index contributed by atoms with van der Waals surface area (Å²) in [7, 11) is 0. The zero-order chi connectivity index (χ0) is 9.80. The molecule has 2 N–H and O–H groups in total. The Hall–Kier alpha value is -1.77. The predicted molar refractivity (Wildman–Crippen MR) is 56.8 cm³/mol. The minimum atomic E-state index is 0.582. The Morgan fingerprint density at radius 1 is 1.21 bits per heavy atom. The van der Waals surface area contributed by atoms with E-state index in [0.717, 1.165) is 13.0 Å². The Labute approximate surface area is 83.2 Å². The highest BCUT2D eigenvalue weighted by molar-refractivity contribution is 5.22. The standard InChI is InChI=1S/C11H13N3/c12-11-8-14(9-13-11)7-6-10-4-2-1-3-5-10/h1-5,8-9H,6-7,12H2. The summed E-state index contributed by atoms with van der Waals surface area (Å²) in [6.07, 6.45) is 4.62. The van der Waals surface area contributed by atoms with Crippen LogP contribution in [0.3, 0.4) is 0 Å². The van der Waals surface area contributed by atoms with Gasteiger partial charge in [-0.1, -0.05) is 30.3 Å². The molecule has 0 spiro atoms. The van der Waals surface area contributed by atoms with E-state index >= 15 is 0 Å². The van der Waals surface area contributed by atoms with Gasteiger partial charge in [-0.05, 0) is 12.0 Å². The molecule has 0 atom stereocenters. The van der Waals surface area contributed by atoms with Gasteiger partial charge in [0.15, 0.2) is 0 Å². The number of nitrogens with zero attached hydrogens (tertiary/aromatic N) is 2. The lowest BCUT2D eigenvalue weighted by molar-refractivity contribution is 0.696. The highest BCUT2D eigenvalue weighted by atomic mass is 15.1.